The molecule has 0 spiro atoms. The Kier molecular flexibility index (Phi) is 3.24. The molecule has 0 saturated carbocycles. The lowest BCUT2D eigenvalue weighted by Crippen LogP contribution is -1.76. The average molecular weight is 247 g/mol. The van der Waals surface area contributed by atoms with Crippen molar-refractivity contribution in [3.63, 3.8) is 0 Å². The van der Waals surface area contributed by atoms with Gasteiger partial charge < -0.3 is 4.42 Å². The molecule has 19 heavy (non-hydrogen) atoms. The molecule has 0 aliphatic rings. The number of nitrogens with zero attached hydrogens (tertiary/aromatic N) is 1. The van der Waals surface area contributed by atoms with Crippen molar-refractivity contribution in [2.24, 2.45) is 0 Å². The van der Waals surface area contributed by atoms with E-state index >= 15 is 0 Å². The molecule has 0 amide bonds. The highest BCUT2D eigenvalue weighted by Crippen LogP contribution is 2.20. The van der Waals surface area contributed by atoms with Gasteiger partial charge in [-0.2, -0.15) is 0 Å². The third kappa shape index (κ3) is 2.80. The molecule has 2 nitrogen and oxygen atoms in total. The van der Waals surface area contributed by atoms with Gasteiger partial charge in [0.2, 0.25) is 0 Å². The van der Waals surface area contributed by atoms with E-state index in [4.69, 9.17) is 4.42 Å². The Morgan fingerprint density at radius 1 is 0.789 bits per heavy atom. The van der Waals surface area contributed by atoms with Gasteiger partial charge in [-0.25, -0.2) is 0 Å². The van der Waals surface area contributed by atoms with Crippen molar-refractivity contribution >= 4 is 12.2 Å². The van der Waals surface area contributed by atoms with Crippen LogP contribution in [-0.2, 0) is 0 Å². The molecule has 0 N–H and O–H groups in total. The lowest BCUT2D eigenvalue weighted by molar-refractivity contribution is 0.582. The van der Waals surface area contributed by atoms with Crippen LogP contribution >= 0.6 is 0 Å². The first kappa shape index (κ1) is 11.5. The largest absolute Gasteiger partial charge is 0.464 e. The number of hydrogen-bond donors (Lipinski definition) is 0. The summed E-state index contributed by atoms with van der Waals surface area (Å²) < 4.78 is 5.36. The summed E-state index contributed by atoms with van der Waals surface area (Å²) in [5, 5.41) is 0. The van der Waals surface area contributed by atoms with Gasteiger partial charge in [-0.3, -0.25) is 4.98 Å². The Morgan fingerprint density at radius 3 is 2.11 bits per heavy atom. The molecule has 3 rings (SSSR count). The second-order valence-electron chi connectivity index (χ2n) is 4.21. The zero-order valence-electron chi connectivity index (χ0n) is 10.4. The van der Waals surface area contributed by atoms with E-state index in [-0.39, 0.29) is 0 Å². The van der Waals surface area contributed by atoms with Crippen LogP contribution in [0.3, 0.4) is 0 Å². The highest BCUT2D eigenvalue weighted by Gasteiger charge is 1.98. The van der Waals surface area contributed by atoms with E-state index in [0.717, 1.165) is 22.5 Å². The van der Waals surface area contributed by atoms with Gasteiger partial charge in [-0.05, 0) is 35.4 Å². The summed E-state index contributed by atoms with van der Waals surface area (Å²) in [5.41, 5.74) is 3.39. The Balaban J connectivity index is 1.78. The summed E-state index contributed by atoms with van der Waals surface area (Å²) in [6, 6.07) is 16.1. The Hall–Kier alpha value is -2.61. The van der Waals surface area contributed by atoms with Gasteiger partial charge in [0, 0.05) is 18.0 Å². The molecular weight excluding hydrogens is 234 g/mol. The van der Waals surface area contributed by atoms with Gasteiger partial charge in [0.05, 0.1) is 6.26 Å². The van der Waals surface area contributed by atoms with Gasteiger partial charge in [-0.1, -0.05) is 36.4 Å². The maximum atomic E-state index is 5.36. The zero-order chi connectivity index (χ0) is 12.9. The number of pyridine rings is 1. The van der Waals surface area contributed by atoms with Crippen LogP contribution in [0.2, 0.25) is 0 Å². The maximum absolute atomic E-state index is 5.36. The number of furan rings is 1. The van der Waals surface area contributed by atoms with E-state index in [0.29, 0.717) is 0 Å². The van der Waals surface area contributed by atoms with E-state index in [1.54, 1.807) is 18.7 Å². The molecule has 0 bridgehead atoms. The van der Waals surface area contributed by atoms with Crippen LogP contribution in [0.1, 0.15) is 11.1 Å². The number of benzene rings is 1. The lowest BCUT2D eigenvalue weighted by atomic mass is 10.1. The Labute approximate surface area is 112 Å². The predicted octanol–water partition coefficient (Wildman–Crippen LogP) is 4.51. The molecule has 0 saturated heterocycles. The number of hydrogen-bond acceptors (Lipinski definition) is 2. The SMILES string of the molecule is C(=Cc1ccc(-c2ccco2)cc1)c1ccncc1. The van der Waals surface area contributed by atoms with Crippen LogP contribution in [0.25, 0.3) is 23.5 Å². The highest BCUT2D eigenvalue weighted by molar-refractivity contribution is 5.70. The Morgan fingerprint density at radius 2 is 1.47 bits per heavy atom. The topological polar surface area (TPSA) is 26.0 Å². The first-order chi connectivity index (χ1) is 9.42. The van der Waals surface area contributed by atoms with Crippen molar-refractivity contribution in [2.75, 3.05) is 0 Å². The summed E-state index contributed by atoms with van der Waals surface area (Å²) in [6.07, 6.45) is 9.43. The normalized spacial score (nSPS) is 10.9. The fourth-order valence-corrected chi connectivity index (χ4v) is 1.87. The first-order valence-corrected chi connectivity index (χ1v) is 6.14. The second kappa shape index (κ2) is 5.36. The van der Waals surface area contributed by atoms with Crippen LogP contribution < -0.4 is 0 Å². The van der Waals surface area contributed by atoms with Crippen molar-refractivity contribution in [1.82, 2.24) is 4.98 Å². The molecular formula is C17H13NO. The van der Waals surface area contributed by atoms with E-state index in [9.17, 15) is 0 Å². The molecule has 0 aliphatic carbocycles. The summed E-state index contributed by atoms with van der Waals surface area (Å²) in [6.45, 7) is 0. The van der Waals surface area contributed by atoms with Crippen molar-refractivity contribution in [3.8, 4) is 11.3 Å². The maximum Gasteiger partial charge on any atom is 0.133 e. The van der Waals surface area contributed by atoms with Crippen molar-refractivity contribution in [1.29, 1.82) is 0 Å². The number of rotatable bonds is 3. The van der Waals surface area contributed by atoms with Gasteiger partial charge in [0.1, 0.15) is 5.76 Å². The van der Waals surface area contributed by atoms with Crippen molar-refractivity contribution in [2.45, 2.75) is 0 Å². The quantitative estimate of drug-likeness (QED) is 0.680. The van der Waals surface area contributed by atoms with Gasteiger partial charge in [-0.15, -0.1) is 0 Å². The summed E-state index contributed by atoms with van der Waals surface area (Å²) in [4.78, 5) is 4.00. The van der Waals surface area contributed by atoms with Crippen LogP contribution in [-0.4, -0.2) is 4.98 Å². The Bertz CT molecular complexity index is 652. The molecule has 0 fully saturated rings. The molecule has 2 heteroatoms. The minimum atomic E-state index is 0.893. The zero-order valence-corrected chi connectivity index (χ0v) is 10.4. The summed E-state index contributed by atoms with van der Waals surface area (Å²) in [5.74, 6) is 0.893. The van der Waals surface area contributed by atoms with E-state index < -0.39 is 0 Å². The molecule has 0 unspecified atom stereocenters. The van der Waals surface area contributed by atoms with Crippen molar-refractivity contribution in [3.05, 3.63) is 78.3 Å². The second-order valence-corrected chi connectivity index (χ2v) is 4.21. The van der Waals surface area contributed by atoms with Crippen LogP contribution in [0.15, 0.2) is 71.6 Å². The molecule has 0 atom stereocenters. The molecule has 1 aromatic carbocycles. The van der Waals surface area contributed by atoms with E-state index in [1.165, 1.54) is 0 Å². The summed E-state index contributed by atoms with van der Waals surface area (Å²) in [7, 11) is 0. The minimum absolute atomic E-state index is 0.893. The van der Waals surface area contributed by atoms with Crippen LogP contribution in [0.5, 0.6) is 0 Å². The third-order valence-electron chi connectivity index (χ3n) is 2.89. The predicted molar refractivity (Wildman–Crippen MR) is 77.3 cm³/mol. The fourth-order valence-electron chi connectivity index (χ4n) is 1.87. The highest BCUT2D eigenvalue weighted by atomic mass is 16.3. The van der Waals surface area contributed by atoms with Crippen molar-refractivity contribution < 1.29 is 4.42 Å². The monoisotopic (exact) mass is 247 g/mol. The lowest BCUT2D eigenvalue weighted by Gasteiger charge is -1.98. The van der Waals surface area contributed by atoms with Gasteiger partial charge in [0.15, 0.2) is 0 Å². The molecule has 92 valence electrons. The average Bonchev–Trinajstić information content (AvgIpc) is 3.01. The smallest absolute Gasteiger partial charge is 0.133 e. The van der Waals surface area contributed by atoms with Gasteiger partial charge in [0.25, 0.3) is 0 Å². The number of aromatic nitrogens is 1. The molecule has 2 heterocycles. The van der Waals surface area contributed by atoms with E-state index in [1.807, 2.05) is 24.3 Å². The van der Waals surface area contributed by atoms with Crippen LogP contribution in [0.4, 0.5) is 0 Å². The third-order valence-corrected chi connectivity index (χ3v) is 2.89. The first-order valence-electron chi connectivity index (χ1n) is 6.14. The molecule has 3 aromatic rings. The van der Waals surface area contributed by atoms with E-state index in [2.05, 4.69) is 41.4 Å². The minimum Gasteiger partial charge on any atom is -0.464 e. The van der Waals surface area contributed by atoms with Crippen LogP contribution in [0, 0.1) is 0 Å². The fraction of sp³-hybridized carbons (Fsp3) is 0. The van der Waals surface area contributed by atoms with Gasteiger partial charge >= 0.3 is 0 Å². The molecule has 2 aromatic heterocycles. The summed E-state index contributed by atoms with van der Waals surface area (Å²) >= 11 is 0. The standard InChI is InChI=1S/C17H13NO/c1-2-17(19-13-1)16-7-5-14(6-8-16)3-4-15-9-11-18-12-10-15/h1-13H. The molecule has 0 radical (unpaired) electrons. The molecule has 0 aliphatic heterocycles.